The lowest BCUT2D eigenvalue weighted by Crippen LogP contribution is -2.37. The van der Waals surface area contributed by atoms with Gasteiger partial charge in [-0.3, -0.25) is 14.8 Å². The standard InChI is InChI=1S/C21H28N4/c1-15(2)12-25-8-4-5-18(13-25)20-10-19-9-16(21-14-24(3)23-21)6-7-17(19)11-22-20/h6-7,9-11,14-15,18,23H,4-5,8,12-13H2,1-3H3. The summed E-state index contributed by atoms with van der Waals surface area (Å²) in [6, 6.07) is 8.93. The summed E-state index contributed by atoms with van der Waals surface area (Å²) in [6.07, 6.45) is 6.70. The normalized spacial score (nSPS) is 19.1. The fourth-order valence-electron chi connectivity index (χ4n) is 4.05. The lowest BCUT2D eigenvalue weighted by Gasteiger charge is -2.33. The fourth-order valence-corrected chi connectivity index (χ4v) is 4.05. The van der Waals surface area contributed by atoms with E-state index in [2.05, 4.69) is 54.3 Å². The first-order valence-electron chi connectivity index (χ1n) is 9.42. The molecule has 1 aromatic carbocycles. The number of likely N-dealkylation sites (tertiary alicyclic amines) is 1. The molecule has 1 unspecified atom stereocenters. The molecular formula is C21H28N4. The van der Waals surface area contributed by atoms with Crippen LogP contribution in [0, 0.1) is 5.92 Å². The van der Waals surface area contributed by atoms with Gasteiger partial charge in [-0.2, -0.15) is 0 Å². The van der Waals surface area contributed by atoms with E-state index in [9.17, 15) is 0 Å². The average molecular weight is 336 g/mol. The Kier molecular flexibility index (Phi) is 4.38. The quantitative estimate of drug-likeness (QED) is 0.766. The SMILES string of the molecule is CC(C)CN1CCCC(c2cc3cc(-c4cn(C)[nH]4)ccc3cn2)C1. The number of aromatic nitrogens is 3. The molecule has 0 saturated carbocycles. The number of fused-ring (bicyclic) bond motifs is 1. The highest BCUT2D eigenvalue weighted by atomic mass is 15.3. The molecule has 4 rings (SSSR count). The van der Waals surface area contributed by atoms with Crippen LogP contribution in [0.5, 0.6) is 0 Å². The number of piperidine rings is 1. The smallest absolute Gasteiger partial charge is 0.0792 e. The van der Waals surface area contributed by atoms with Crippen LogP contribution in [0.4, 0.5) is 0 Å². The summed E-state index contributed by atoms with van der Waals surface area (Å²) in [6.45, 7) is 8.19. The Bertz CT molecular complexity index is 846. The molecule has 3 aromatic rings. The van der Waals surface area contributed by atoms with Crippen LogP contribution in [0.1, 0.15) is 38.3 Å². The van der Waals surface area contributed by atoms with Crippen molar-refractivity contribution in [2.45, 2.75) is 32.6 Å². The van der Waals surface area contributed by atoms with E-state index in [-0.39, 0.29) is 0 Å². The Balaban J connectivity index is 1.59. The van der Waals surface area contributed by atoms with E-state index in [0.717, 1.165) is 12.5 Å². The Morgan fingerprint density at radius 3 is 2.84 bits per heavy atom. The van der Waals surface area contributed by atoms with Crippen molar-refractivity contribution in [2.24, 2.45) is 13.0 Å². The molecule has 0 spiro atoms. The average Bonchev–Trinajstić information content (AvgIpc) is 2.58. The van der Waals surface area contributed by atoms with Gasteiger partial charge in [0.25, 0.3) is 0 Å². The molecule has 1 atom stereocenters. The van der Waals surface area contributed by atoms with E-state index in [1.54, 1.807) is 0 Å². The number of pyridine rings is 1. The number of benzene rings is 1. The maximum atomic E-state index is 4.80. The van der Waals surface area contributed by atoms with Crippen LogP contribution in [-0.2, 0) is 7.05 Å². The summed E-state index contributed by atoms with van der Waals surface area (Å²) in [7, 11) is 2.01. The Morgan fingerprint density at radius 2 is 2.08 bits per heavy atom. The third-order valence-electron chi connectivity index (χ3n) is 5.22. The summed E-state index contributed by atoms with van der Waals surface area (Å²) >= 11 is 0. The van der Waals surface area contributed by atoms with Crippen molar-refractivity contribution in [3.8, 4) is 11.3 Å². The van der Waals surface area contributed by atoms with E-state index < -0.39 is 0 Å². The maximum absolute atomic E-state index is 4.80. The van der Waals surface area contributed by atoms with Gasteiger partial charge in [0, 0.05) is 55.1 Å². The second-order valence-electron chi connectivity index (χ2n) is 7.93. The van der Waals surface area contributed by atoms with Crippen molar-refractivity contribution >= 4 is 10.8 Å². The van der Waals surface area contributed by atoms with Crippen molar-refractivity contribution in [2.75, 3.05) is 19.6 Å². The summed E-state index contributed by atoms with van der Waals surface area (Å²) < 4.78 is 1.98. The zero-order chi connectivity index (χ0) is 17.4. The van der Waals surface area contributed by atoms with E-state index in [4.69, 9.17) is 4.98 Å². The lowest BCUT2D eigenvalue weighted by atomic mass is 9.92. The molecule has 0 radical (unpaired) electrons. The van der Waals surface area contributed by atoms with E-state index in [0.29, 0.717) is 5.92 Å². The van der Waals surface area contributed by atoms with Gasteiger partial charge in [0.1, 0.15) is 0 Å². The van der Waals surface area contributed by atoms with Crippen LogP contribution in [0.15, 0.2) is 36.7 Å². The summed E-state index contributed by atoms with van der Waals surface area (Å²) in [5, 5.41) is 5.81. The largest absolute Gasteiger partial charge is 0.302 e. The first kappa shape index (κ1) is 16.4. The van der Waals surface area contributed by atoms with Crippen molar-refractivity contribution in [3.63, 3.8) is 0 Å². The van der Waals surface area contributed by atoms with E-state index >= 15 is 0 Å². The lowest BCUT2D eigenvalue weighted by molar-refractivity contribution is 0.186. The van der Waals surface area contributed by atoms with Gasteiger partial charge >= 0.3 is 0 Å². The molecule has 132 valence electrons. The highest BCUT2D eigenvalue weighted by molar-refractivity contribution is 5.86. The zero-order valence-corrected chi connectivity index (χ0v) is 15.5. The number of rotatable bonds is 4. The predicted molar refractivity (Wildman–Crippen MR) is 104 cm³/mol. The van der Waals surface area contributed by atoms with Crippen LogP contribution in [0.2, 0.25) is 0 Å². The highest BCUT2D eigenvalue weighted by Crippen LogP contribution is 2.29. The van der Waals surface area contributed by atoms with Gasteiger partial charge < -0.3 is 4.90 Å². The molecule has 1 fully saturated rings. The van der Waals surface area contributed by atoms with Crippen LogP contribution in [0.3, 0.4) is 0 Å². The second-order valence-corrected chi connectivity index (χ2v) is 7.93. The predicted octanol–water partition coefficient (Wildman–Crippen LogP) is 4.40. The first-order chi connectivity index (χ1) is 12.1. The summed E-state index contributed by atoms with van der Waals surface area (Å²) in [5.74, 6) is 1.29. The molecule has 3 heterocycles. The number of aryl methyl sites for hydroxylation is 1. The number of nitrogens with zero attached hydrogens (tertiary/aromatic N) is 3. The van der Waals surface area contributed by atoms with Crippen LogP contribution >= 0.6 is 0 Å². The molecule has 4 heteroatoms. The molecule has 0 aliphatic carbocycles. The van der Waals surface area contributed by atoms with Crippen LogP contribution in [-0.4, -0.2) is 39.3 Å². The van der Waals surface area contributed by atoms with Gasteiger partial charge in [0.05, 0.1) is 5.69 Å². The van der Waals surface area contributed by atoms with Gasteiger partial charge in [-0.25, -0.2) is 0 Å². The number of nitrogens with one attached hydrogen (secondary N) is 1. The Morgan fingerprint density at radius 1 is 1.24 bits per heavy atom. The van der Waals surface area contributed by atoms with Crippen molar-refractivity contribution in [1.29, 1.82) is 0 Å². The molecule has 1 aliphatic rings. The Hall–Kier alpha value is -2.07. The zero-order valence-electron chi connectivity index (χ0n) is 15.5. The van der Waals surface area contributed by atoms with Crippen molar-refractivity contribution < 1.29 is 0 Å². The summed E-state index contributed by atoms with van der Waals surface area (Å²) in [5.41, 5.74) is 3.68. The monoisotopic (exact) mass is 336 g/mol. The maximum Gasteiger partial charge on any atom is 0.0792 e. The second kappa shape index (κ2) is 6.68. The van der Waals surface area contributed by atoms with Crippen LogP contribution < -0.4 is 0 Å². The summed E-state index contributed by atoms with van der Waals surface area (Å²) in [4.78, 5) is 7.41. The minimum Gasteiger partial charge on any atom is -0.302 e. The van der Waals surface area contributed by atoms with Crippen molar-refractivity contribution in [3.05, 3.63) is 42.4 Å². The molecule has 1 N–H and O–H groups in total. The topological polar surface area (TPSA) is 36.9 Å². The fraction of sp³-hybridized carbons (Fsp3) is 0.476. The number of H-pyrrole nitrogens is 1. The van der Waals surface area contributed by atoms with Gasteiger partial charge in [-0.1, -0.05) is 26.0 Å². The van der Waals surface area contributed by atoms with E-state index in [1.165, 1.54) is 53.7 Å². The first-order valence-corrected chi connectivity index (χ1v) is 9.42. The third kappa shape index (κ3) is 3.49. The molecule has 0 amide bonds. The molecule has 4 nitrogen and oxygen atoms in total. The van der Waals surface area contributed by atoms with Gasteiger partial charge in [0.2, 0.25) is 0 Å². The van der Waals surface area contributed by atoms with Crippen LogP contribution in [0.25, 0.3) is 22.0 Å². The van der Waals surface area contributed by atoms with Gasteiger partial charge in [0.15, 0.2) is 0 Å². The minimum absolute atomic E-state index is 0.563. The molecule has 1 aliphatic heterocycles. The Labute approximate surface area is 149 Å². The van der Waals surface area contributed by atoms with E-state index in [1.807, 2.05) is 17.9 Å². The highest BCUT2D eigenvalue weighted by Gasteiger charge is 2.22. The minimum atomic E-state index is 0.563. The molecule has 25 heavy (non-hydrogen) atoms. The van der Waals surface area contributed by atoms with Gasteiger partial charge in [-0.05, 0) is 42.8 Å². The molecule has 1 saturated heterocycles. The number of hydrogen-bond acceptors (Lipinski definition) is 2. The number of aromatic amines is 1. The van der Waals surface area contributed by atoms with Crippen molar-refractivity contribution in [1.82, 2.24) is 19.7 Å². The molecule has 2 aromatic heterocycles. The number of hydrogen-bond donors (Lipinski definition) is 1. The van der Waals surface area contributed by atoms with Gasteiger partial charge in [-0.15, -0.1) is 0 Å². The molecular weight excluding hydrogens is 308 g/mol. The third-order valence-corrected chi connectivity index (χ3v) is 5.22. The molecule has 0 bridgehead atoms.